The zero-order valence-corrected chi connectivity index (χ0v) is 25.0. The number of halogens is 2. The smallest absolute Gasteiger partial charge is 0.338 e. The molecular formula is C28H24Cl2N4O5S2. The van der Waals surface area contributed by atoms with E-state index in [2.05, 4.69) is 16.1 Å². The van der Waals surface area contributed by atoms with Gasteiger partial charge in [0.25, 0.3) is 11.8 Å². The Balaban J connectivity index is 1.40. The van der Waals surface area contributed by atoms with E-state index in [4.69, 9.17) is 44.9 Å². The Morgan fingerprint density at radius 2 is 1.68 bits per heavy atom. The molecular weight excluding hydrogens is 607 g/mol. The normalized spacial score (nSPS) is 13.8. The summed E-state index contributed by atoms with van der Waals surface area (Å²) in [6.45, 7) is 3.92. The Hall–Kier alpha value is -3.77. The molecule has 0 spiro atoms. The Bertz CT molecular complexity index is 1530. The van der Waals surface area contributed by atoms with Crippen LogP contribution in [0.15, 0.2) is 65.6 Å². The number of amides is 4. The van der Waals surface area contributed by atoms with Gasteiger partial charge in [0.2, 0.25) is 0 Å². The van der Waals surface area contributed by atoms with Crippen LogP contribution < -0.4 is 25.5 Å². The predicted molar refractivity (Wildman–Crippen MR) is 167 cm³/mol. The maximum atomic E-state index is 13.0. The van der Waals surface area contributed by atoms with E-state index in [1.807, 2.05) is 38.1 Å². The maximum Gasteiger partial charge on any atom is 0.338 e. The van der Waals surface area contributed by atoms with Crippen LogP contribution in [0.2, 0.25) is 10.0 Å². The Morgan fingerprint density at radius 1 is 0.951 bits per heavy atom. The molecule has 3 aromatic rings. The minimum absolute atomic E-state index is 0.148. The predicted octanol–water partition coefficient (Wildman–Crippen LogP) is 6.66. The number of thioether (sulfide) groups is 1. The van der Waals surface area contributed by atoms with Crippen molar-refractivity contribution in [2.24, 2.45) is 0 Å². The molecule has 9 nitrogen and oxygen atoms in total. The lowest BCUT2D eigenvalue weighted by Gasteiger charge is -2.16. The molecule has 1 saturated heterocycles. The van der Waals surface area contributed by atoms with Gasteiger partial charge in [0, 0.05) is 11.4 Å². The van der Waals surface area contributed by atoms with Gasteiger partial charge < -0.3 is 20.1 Å². The molecule has 41 heavy (non-hydrogen) atoms. The number of aryl methyl sites for hydroxylation is 1. The third-order valence-electron chi connectivity index (χ3n) is 5.44. The summed E-state index contributed by atoms with van der Waals surface area (Å²) in [5, 5.41) is 6.94. The molecule has 0 saturated carbocycles. The van der Waals surface area contributed by atoms with E-state index < -0.39 is 11.9 Å². The van der Waals surface area contributed by atoms with E-state index in [0.29, 0.717) is 45.0 Å². The van der Waals surface area contributed by atoms with Gasteiger partial charge >= 0.3 is 6.03 Å². The average Bonchev–Trinajstić information content (AvgIpc) is 3.19. The minimum Gasteiger partial charge on any atom is -0.490 e. The van der Waals surface area contributed by atoms with Crippen LogP contribution in [-0.2, 0) is 9.59 Å². The highest BCUT2D eigenvalue weighted by Gasteiger charge is 2.33. The number of nitrogens with zero attached hydrogens (tertiary/aromatic N) is 1. The minimum atomic E-state index is -0.688. The van der Waals surface area contributed by atoms with Crippen LogP contribution in [0.1, 0.15) is 18.1 Å². The largest absolute Gasteiger partial charge is 0.490 e. The highest BCUT2D eigenvalue weighted by Crippen LogP contribution is 2.34. The number of carbonyl (C=O) groups is 3. The van der Waals surface area contributed by atoms with E-state index >= 15 is 0 Å². The number of thiocarbonyl (C=S) groups is 1. The molecule has 4 rings (SSSR count). The third-order valence-corrected chi connectivity index (χ3v) is 7.49. The van der Waals surface area contributed by atoms with Crippen molar-refractivity contribution in [1.82, 2.24) is 10.4 Å². The molecule has 3 aromatic carbocycles. The monoisotopic (exact) mass is 630 g/mol. The fourth-order valence-electron chi connectivity index (χ4n) is 3.53. The van der Waals surface area contributed by atoms with Crippen LogP contribution in [0.5, 0.6) is 11.5 Å². The number of ether oxygens (including phenoxy) is 2. The summed E-state index contributed by atoms with van der Waals surface area (Å²) in [7, 11) is 0. The summed E-state index contributed by atoms with van der Waals surface area (Å²) in [6.07, 6.45) is 1.62. The molecule has 0 aliphatic carbocycles. The summed E-state index contributed by atoms with van der Waals surface area (Å²) in [6, 6.07) is 16.4. The summed E-state index contributed by atoms with van der Waals surface area (Å²) < 4.78 is 11.6. The molecule has 4 amide bonds. The van der Waals surface area contributed by atoms with Crippen molar-refractivity contribution in [2.45, 2.75) is 13.8 Å². The number of urea groups is 1. The standard InChI is InChI=1S/C28H24Cl2N4O5S2/c1-3-38-23-12-17(6-11-22(23)39-15-25(35)31-18-7-4-16(2)5-8-18)13-24-26(36)34(28(40)41-24)33-27(37)32-19-9-10-20(29)21(30)14-19/h4-14H,3,15H2,1-2H3,(H,31,35)(H2,32,33,37)/b24-13-. The van der Waals surface area contributed by atoms with Gasteiger partial charge in [-0.15, -0.1) is 0 Å². The van der Waals surface area contributed by atoms with Crippen molar-refractivity contribution in [3.8, 4) is 11.5 Å². The van der Waals surface area contributed by atoms with Crippen molar-refractivity contribution >= 4 is 86.8 Å². The molecule has 13 heteroatoms. The second-order valence-electron chi connectivity index (χ2n) is 8.55. The van der Waals surface area contributed by atoms with E-state index in [1.165, 1.54) is 12.1 Å². The van der Waals surface area contributed by atoms with Crippen LogP contribution in [0.4, 0.5) is 16.2 Å². The molecule has 0 unspecified atom stereocenters. The number of carbonyl (C=O) groups excluding carboxylic acids is 3. The van der Waals surface area contributed by atoms with Gasteiger partial charge in [-0.1, -0.05) is 58.7 Å². The highest BCUT2D eigenvalue weighted by atomic mass is 35.5. The topological polar surface area (TPSA) is 109 Å². The zero-order chi connectivity index (χ0) is 29.5. The van der Waals surface area contributed by atoms with Crippen molar-refractivity contribution in [3.05, 3.63) is 86.7 Å². The SMILES string of the molecule is CCOc1cc(/C=C2\SC(=S)N(NC(=O)Nc3ccc(Cl)c(Cl)c3)C2=O)ccc1OCC(=O)Nc1ccc(C)cc1. The van der Waals surface area contributed by atoms with Crippen molar-refractivity contribution < 1.29 is 23.9 Å². The van der Waals surface area contributed by atoms with Gasteiger partial charge in [-0.3, -0.25) is 9.59 Å². The first-order valence-corrected chi connectivity index (χ1v) is 14.2. The Labute approximate surface area is 256 Å². The lowest BCUT2D eigenvalue weighted by Crippen LogP contribution is -2.46. The molecule has 212 valence electrons. The fraction of sp³-hybridized carbons (Fsp3) is 0.143. The number of rotatable bonds is 9. The third kappa shape index (κ3) is 8.14. The molecule has 0 aromatic heterocycles. The van der Waals surface area contributed by atoms with Crippen LogP contribution in [0.3, 0.4) is 0 Å². The van der Waals surface area contributed by atoms with Gasteiger partial charge in [-0.2, -0.15) is 5.01 Å². The van der Waals surface area contributed by atoms with Gasteiger partial charge in [0.15, 0.2) is 22.4 Å². The first-order valence-electron chi connectivity index (χ1n) is 12.2. The highest BCUT2D eigenvalue weighted by molar-refractivity contribution is 8.26. The number of nitrogens with one attached hydrogen (secondary N) is 3. The van der Waals surface area contributed by atoms with Crippen molar-refractivity contribution in [1.29, 1.82) is 0 Å². The zero-order valence-electron chi connectivity index (χ0n) is 21.8. The average molecular weight is 632 g/mol. The quantitative estimate of drug-likeness (QED) is 0.179. The van der Waals surface area contributed by atoms with E-state index in [-0.39, 0.29) is 21.9 Å². The fourth-order valence-corrected chi connectivity index (χ4v) is 5.01. The lowest BCUT2D eigenvalue weighted by molar-refractivity contribution is -0.123. The first kappa shape index (κ1) is 30.2. The maximum absolute atomic E-state index is 13.0. The van der Waals surface area contributed by atoms with Crippen LogP contribution in [0.25, 0.3) is 6.08 Å². The number of hydrazine groups is 1. The Kier molecular flexibility index (Phi) is 10.1. The van der Waals surface area contributed by atoms with Crippen molar-refractivity contribution in [2.75, 3.05) is 23.8 Å². The summed E-state index contributed by atoms with van der Waals surface area (Å²) in [5.41, 5.74) is 5.21. The molecule has 0 atom stereocenters. The number of anilines is 2. The number of hydrogen-bond donors (Lipinski definition) is 3. The van der Waals surface area contributed by atoms with Crippen LogP contribution >= 0.6 is 47.2 Å². The van der Waals surface area contributed by atoms with Crippen LogP contribution in [0, 0.1) is 6.92 Å². The summed E-state index contributed by atoms with van der Waals surface area (Å²) in [5.74, 6) is -0.0506. The molecule has 1 aliphatic rings. The van der Waals surface area contributed by atoms with Gasteiger partial charge in [-0.25, -0.2) is 10.2 Å². The number of hydrogen-bond acceptors (Lipinski definition) is 7. The van der Waals surface area contributed by atoms with Crippen LogP contribution in [-0.4, -0.2) is 40.4 Å². The Morgan fingerprint density at radius 3 is 2.39 bits per heavy atom. The van der Waals surface area contributed by atoms with Gasteiger partial charge in [-0.05, 0) is 80.2 Å². The first-order chi connectivity index (χ1) is 19.6. The molecule has 1 fully saturated rings. The van der Waals surface area contributed by atoms with Gasteiger partial charge in [0.1, 0.15) is 0 Å². The second kappa shape index (κ2) is 13.7. The molecule has 1 heterocycles. The van der Waals surface area contributed by atoms with Gasteiger partial charge in [0.05, 0.1) is 21.6 Å². The lowest BCUT2D eigenvalue weighted by atomic mass is 10.2. The summed E-state index contributed by atoms with van der Waals surface area (Å²) >= 11 is 18.2. The second-order valence-corrected chi connectivity index (χ2v) is 11.0. The van der Waals surface area contributed by atoms with Crippen molar-refractivity contribution in [3.63, 3.8) is 0 Å². The van der Waals surface area contributed by atoms with E-state index in [1.54, 1.807) is 30.3 Å². The molecule has 0 radical (unpaired) electrons. The van der Waals surface area contributed by atoms with E-state index in [9.17, 15) is 14.4 Å². The number of benzene rings is 3. The molecule has 1 aliphatic heterocycles. The molecule has 0 bridgehead atoms. The van der Waals surface area contributed by atoms with E-state index in [0.717, 1.165) is 22.3 Å². The molecule has 3 N–H and O–H groups in total. The summed E-state index contributed by atoms with van der Waals surface area (Å²) in [4.78, 5) is 38.1.